The van der Waals surface area contributed by atoms with Crippen molar-refractivity contribution in [1.29, 1.82) is 0 Å². The second kappa shape index (κ2) is 2.47. The highest BCUT2D eigenvalue weighted by molar-refractivity contribution is 5.75. The number of phenolic OH excluding ortho intramolecular Hbond substituents is 1. The molecule has 2 nitrogen and oxygen atoms in total. The number of aromatic hydroxyl groups is 1. The normalized spacial score (nSPS) is 9.30. The first-order valence-corrected chi connectivity index (χ1v) is 2.68. The Morgan fingerprint density at radius 1 is 1.50 bits per heavy atom. The van der Waals surface area contributed by atoms with E-state index >= 15 is 0 Å². The van der Waals surface area contributed by atoms with Crippen LogP contribution >= 0.6 is 0 Å². The van der Waals surface area contributed by atoms with Gasteiger partial charge in [-0.2, -0.15) is 0 Å². The van der Waals surface area contributed by atoms with Gasteiger partial charge in [-0.25, -0.2) is 4.39 Å². The molecule has 1 aromatic carbocycles. The molecule has 3 heteroatoms. The lowest BCUT2D eigenvalue weighted by Gasteiger charge is -1.94. The molecule has 0 fully saturated rings. The highest BCUT2D eigenvalue weighted by atomic mass is 19.1. The number of halogens is 1. The SMILES string of the molecule is O=Cc1cccc(O)c1F. The molecule has 0 radical (unpaired) electrons. The Labute approximate surface area is 56.9 Å². The number of phenols is 1. The van der Waals surface area contributed by atoms with E-state index < -0.39 is 11.6 Å². The Hall–Kier alpha value is -1.38. The third-order valence-electron chi connectivity index (χ3n) is 1.14. The standard InChI is InChI=1S/C7H5FO2/c8-7-5(4-9)2-1-3-6(7)10/h1-4,10H. The van der Waals surface area contributed by atoms with Crippen LogP contribution in [0.3, 0.4) is 0 Å². The Morgan fingerprint density at radius 2 is 2.20 bits per heavy atom. The molecular formula is C7H5FO2. The molecule has 1 aromatic rings. The molecule has 0 atom stereocenters. The van der Waals surface area contributed by atoms with Crippen molar-refractivity contribution in [2.75, 3.05) is 0 Å². The van der Waals surface area contributed by atoms with Gasteiger partial charge in [-0.3, -0.25) is 4.79 Å². The van der Waals surface area contributed by atoms with Gasteiger partial charge in [-0.05, 0) is 12.1 Å². The van der Waals surface area contributed by atoms with E-state index in [1.54, 1.807) is 0 Å². The minimum Gasteiger partial charge on any atom is -0.505 e. The maximum atomic E-state index is 12.5. The average molecular weight is 140 g/mol. The minimum atomic E-state index is -0.863. The number of carbonyl (C=O) groups is 1. The summed E-state index contributed by atoms with van der Waals surface area (Å²) in [7, 11) is 0. The smallest absolute Gasteiger partial charge is 0.175 e. The first kappa shape index (κ1) is 6.74. The third kappa shape index (κ3) is 0.978. The van der Waals surface area contributed by atoms with Gasteiger partial charge in [0.2, 0.25) is 0 Å². The molecule has 0 saturated heterocycles. The van der Waals surface area contributed by atoms with Crippen LogP contribution in [-0.4, -0.2) is 11.4 Å². The summed E-state index contributed by atoms with van der Waals surface area (Å²) in [6.07, 6.45) is 0.356. The van der Waals surface area contributed by atoms with Crippen LogP contribution < -0.4 is 0 Å². The lowest BCUT2D eigenvalue weighted by atomic mass is 10.2. The van der Waals surface area contributed by atoms with Crippen molar-refractivity contribution in [3.63, 3.8) is 0 Å². The first-order chi connectivity index (χ1) is 4.75. The van der Waals surface area contributed by atoms with Crippen molar-refractivity contribution in [3.05, 3.63) is 29.6 Å². The van der Waals surface area contributed by atoms with Crippen molar-refractivity contribution in [2.45, 2.75) is 0 Å². The molecule has 0 spiro atoms. The van der Waals surface area contributed by atoms with E-state index in [0.29, 0.717) is 6.29 Å². The summed E-state index contributed by atoms with van der Waals surface area (Å²) >= 11 is 0. The molecule has 1 N–H and O–H groups in total. The Bertz CT molecular complexity index is 258. The number of hydrogen-bond acceptors (Lipinski definition) is 2. The highest BCUT2D eigenvalue weighted by Gasteiger charge is 2.03. The summed E-state index contributed by atoms with van der Waals surface area (Å²) in [5.74, 6) is -1.36. The average Bonchev–Trinajstić information content (AvgIpc) is 1.95. The van der Waals surface area contributed by atoms with Crippen molar-refractivity contribution in [1.82, 2.24) is 0 Å². The van der Waals surface area contributed by atoms with Crippen LogP contribution in [0, 0.1) is 5.82 Å². The predicted molar refractivity (Wildman–Crippen MR) is 33.5 cm³/mol. The van der Waals surface area contributed by atoms with Gasteiger partial charge in [0.1, 0.15) is 0 Å². The molecule has 10 heavy (non-hydrogen) atoms. The fourth-order valence-electron chi connectivity index (χ4n) is 0.628. The molecular weight excluding hydrogens is 135 g/mol. The van der Waals surface area contributed by atoms with E-state index in [1.165, 1.54) is 18.2 Å². The number of aldehydes is 1. The maximum absolute atomic E-state index is 12.5. The van der Waals surface area contributed by atoms with Crippen LogP contribution in [0.5, 0.6) is 5.75 Å². The van der Waals surface area contributed by atoms with Gasteiger partial charge < -0.3 is 5.11 Å². The van der Waals surface area contributed by atoms with Crippen molar-refractivity contribution < 1.29 is 14.3 Å². The fourth-order valence-corrected chi connectivity index (χ4v) is 0.628. The van der Waals surface area contributed by atoms with Crippen molar-refractivity contribution in [2.24, 2.45) is 0 Å². The van der Waals surface area contributed by atoms with E-state index in [0.717, 1.165) is 0 Å². The zero-order valence-electron chi connectivity index (χ0n) is 5.04. The molecule has 0 amide bonds. The summed E-state index contributed by atoms with van der Waals surface area (Å²) in [6.45, 7) is 0. The van der Waals surface area contributed by atoms with Crippen LogP contribution in [0.15, 0.2) is 18.2 Å². The number of rotatable bonds is 1. The lowest BCUT2D eigenvalue weighted by Crippen LogP contribution is -1.85. The van der Waals surface area contributed by atoms with E-state index in [9.17, 15) is 9.18 Å². The van der Waals surface area contributed by atoms with Gasteiger partial charge in [0, 0.05) is 0 Å². The van der Waals surface area contributed by atoms with Crippen LogP contribution in [0.1, 0.15) is 10.4 Å². The molecule has 52 valence electrons. The number of hydrogen-bond donors (Lipinski definition) is 1. The van der Waals surface area contributed by atoms with Gasteiger partial charge in [-0.1, -0.05) is 6.07 Å². The van der Waals surface area contributed by atoms with Gasteiger partial charge in [0.25, 0.3) is 0 Å². The zero-order chi connectivity index (χ0) is 7.56. The molecule has 0 heterocycles. The second-order valence-electron chi connectivity index (χ2n) is 1.80. The largest absolute Gasteiger partial charge is 0.505 e. The second-order valence-corrected chi connectivity index (χ2v) is 1.80. The Kier molecular flexibility index (Phi) is 1.67. The molecule has 0 unspecified atom stereocenters. The minimum absolute atomic E-state index is 0.125. The topological polar surface area (TPSA) is 37.3 Å². The van der Waals surface area contributed by atoms with Crippen LogP contribution in [0.4, 0.5) is 4.39 Å². The van der Waals surface area contributed by atoms with E-state index in [-0.39, 0.29) is 5.56 Å². The molecule has 0 aliphatic heterocycles. The summed E-state index contributed by atoms with van der Waals surface area (Å²) < 4.78 is 12.5. The monoisotopic (exact) mass is 140 g/mol. The van der Waals surface area contributed by atoms with Crippen molar-refractivity contribution >= 4 is 6.29 Å². The number of benzene rings is 1. The Balaban J connectivity index is 3.27. The zero-order valence-corrected chi connectivity index (χ0v) is 5.04. The molecule has 0 aromatic heterocycles. The molecule has 0 saturated carbocycles. The predicted octanol–water partition coefficient (Wildman–Crippen LogP) is 1.34. The van der Waals surface area contributed by atoms with Gasteiger partial charge in [-0.15, -0.1) is 0 Å². The summed E-state index contributed by atoms with van der Waals surface area (Å²) in [5.41, 5.74) is -0.125. The maximum Gasteiger partial charge on any atom is 0.175 e. The van der Waals surface area contributed by atoms with E-state index in [2.05, 4.69) is 0 Å². The first-order valence-electron chi connectivity index (χ1n) is 2.68. The highest BCUT2D eigenvalue weighted by Crippen LogP contribution is 2.16. The van der Waals surface area contributed by atoms with Crippen molar-refractivity contribution in [3.8, 4) is 5.75 Å². The van der Waals surface area contributed by atoms with E-state index in [1.807, 2.05) is 0 Å². The van der Waals surface area contributed by atoms with Gasteiger partial charge >= 0.3 is 0 Å². The van der Waals surface area contributed by atoms with Crippen LogP contribution in [0.2, 0.25) is 0 Å². The summed E-state index contributed by atoms with van der Waals surface area (Å²) in [4.78, 5) is 10.0. The van der Waals surface area contributed by atoms with Gasteiger partial charge in [0.05, 0.1) is 5.56 Å². The molecule has 1 rings (SSSR count). The lowest BCUT2D eigenvalue weighted by molar-refractivity contribution is 0.111. The summed E-state index contributed by atoms with van der Waals surface area (Å²) in [6, 6.07) is 3.88. The molecule has 0 aliphatic carbocycles. The van der Waals surface area contributed by atoms with Crippen LogP contribution in [-0.2, 0) is 0 Å². The summed E-state index contributed by atoms with van der Waals surface area (Å²) in [5, 5.41) is 8.70. The van der Waals surface area contributed by atoms with Gasteiger partial charge in [0.15, 0.2) is 17.9 Å². The Morgan fingerprint density at radius 3 is 2.70 bits per heavy atom. The molecule has 0 aliphatic rings. The quantitative estimate of drug-likeness (QED) is 0.597. The third-order valence-corrected chi connectivity index (χ3v) is 1.14. The molecule has 0 bridgehead atoms. The van der Waals surface area contributed by atoms with E-state index in [4.69, 9.17) is 5.11 Å². The fraction of sp³-hybridized carbons (Fsp3) is 0. The van der Waals surface area contributed by atoms with Crippen LogP contribution in [0.25, 0.3) is 0 Å². The number of carbonyl (C=O) groups excluding carboxylic acids is 1.